The lowest BCUT2D eigenvalue weighted by molar-refractivity contribution is 0.0942. The van der Waals surface area contributed by atoms with Gasteiger partial charge in [-0.25, -0.2) is 0 Å². The maximum absolute atomic E-state index is 11.9. The van der Waals surface area contributed by atoms with Crippen LogP contribution in [0.4, 0.5) is 11.4 Å². The molecule has 0 aliphatic carbocycles. The van der Waals surface area contributed by atoms with Gasteiger partial charge in [-0.15, -0.1) is 0 Å². The lowest BCUT2D eigenvalue weighted by Crippen LogP contribution is -2.30. The van der Waals surface area contributed by atoms with Crippen molar-refractivity contribution in [2.24, 2.45) is 0 Å². The van der Waals surface area contributed by atoms with Crippen molar-refractivity contribution < 1.29 is 9.59 Å². The molecule has 0 radical (unpaired) electrons. The topological polar surface area (TPSA) is 113 Å². The maximum atomic E-state index is 11.9. The molecule has 0 saturated carbocycles. The van der Waals surface area contributed by atoms with E-state index in [9.17, 15) is 9.59 Å². The van der Waals surface area contributed by atoms with Crippen molar-refractivity contribution in [2.45, 2.75) is 19.9 Å². The molecule has 1 aromatic carbocycles. The van der Waals surface area contributed by atoms with E-state index in [0.29, 0.717) is 11.3 Å². The highest BCUT2D eigenvalue weighted by molar-refractivity contribution is 6.06. The number of nitrogen functional groups attached to an aromatic ring is 1. The van der Waals surface area contributed by atoms with Crippen molar-refractivity contribution >= 4 is 23.2 Å². The Bertz CT molecular complexity index is 646. The second-order valence-electron chi connectivity index (χ2n) is 4.86. The van der Waals surface area contributed by atoms with E-state index in [-0.39, 0.29) is 29.2 Å². The number of anilines is 2. The van der Waals surface area contributed by atoms with Gasteiger partial charge < -0.3 is 16.4 Å². The summed E-state index contributed by atoms with van der Waals surface area (Å²) < 4.78 is 0. The Morgan fingerprint density at radius 3 is 2.38 bits per heavy atom. The first-order chi connectivity index (χ1) is 9.97. The van der Waals surface area contributed by atoms with Crippen LogP contribution in [0.25, 0.3) is 0 Å². The van der Waals surface area contributed by atoms with Crippen LogP contribution in [0.2, 0.25) is 0 Å². The Balaban J connectivity index is 2.04. The van der Waals surface area contributed by atoms with Gasteiger partial charge >= 0.3 is 0 Å². The quantitative estimate of drug-likeness (QED) is 0.680. The van der Waals surface area contributed by atoms with Crippen LogP contribution >= 0.6 is 0 Å². The average Bonchev–Trinajstić information content (AvgIpc) is 2.85. The van der Waals surface area contributed by atoms with Gasteiger partial charge in [0.25, 0.3) is 11.8 Å². The predicted molar refractivity (Wildman–Crippen MR) is 80.0 cm³/mol. The number of rotatable bonds is 4. The zero-order valence-electron chi connectivity index (χ0n) is 11.8. The summed E-state index contributed by atoms with van der Waals surface area (Å²) in [6.07, 6.45) is 1.37. The van der Waals surface area contributed by atoms with E-state index in [1.54, 1.807) is 24.3 Å². The lowest BCUT2D eigenvalue weighted by atomic mass is 10.2. The summed E-state index contributed by atoms with van der Waals surface area (Å²) in [5.74, 6) is -0.537. The summed E-state index contributed by atoms with van der Waals surface area (Å²) in [5.41, 5.74) is 7.18. The van der Waals surface area contributed by atoms with Crippen molar-refractivity contribution in [2.75, 3.05) is 11.1 Å². The molecule has 21 heavy (non-hydrogen) atoms. The molecule has 7 heteroatoms. The number of hydrogen-bond donors (Lipinski definition) is 4. The fourth-order valence-electron chi connectivity index (χ4n) is 1.72. The van der Waals surface area contributed by atoms with Crippen LogP contribution < -0.4 is 16.4 Å². The summed E-state index contributed by atoms with van der Waals surface area (Å²) in [6, 6.07) is 6.66. The van der Waals surface area contributed by atoms with Crippen LogP contribution in [0, 0.1) is 0 Å². The van der Waals surface area contributed by atoms with Crippen molar-refractivity contribution in [3.8, 4) is 0 Å². The second kappa shape index (κ2) is 6.08. The van der Waals surface area contributed by atoms with E-state index in [4.69, 9.17) is 5.73 Å². The van der Waals surface area contributed by atoms with Gasteiger partial charge in [0.2, 0.25) is 0 Å². The highest BCUT2D eigenvalue weighted by Crippen LogP contribution is 2.13. The largest absolute Gasteiger partial charge is 0.396 e. The molecule has 0 spiro atoms. The number of nitrogens with two attached hydrogens (primary N) is 1. The van der Waals surface area contributed by atoms with Crippen LogP contribution in [0.15, 0.2) is 30.5 Å². The van der Waals surface area contributed by atoms with Gasteiger partial charge in [-0.05, 0) is 38.1 Å². The molecular formula is C14H17N5O2. The summed E-state index contributed by atoms with van der Waals surface area (Å²) in [7, 11) is 0. The number of amides is 2. The molecule has 0 saturated heterocycles. The first-order valence-corrected chi connectivity index (χ1v) is 6.48. The van der Waals surface area contributed by atoms with Gasteiger partial charge in [0.1, 0.15) is 5.69 Å². The van der Waals surface area contributed by atoms with Gasteiger partial charge in [-0.2, -0.15) is 5.10 Å². The third kappa shape index (κ3) is 3.59. The van der Waals surface area contributed by atoms with Gasteiger partial charge in [-0.3, -0.25) is 14.7 Å². The van der Waals surface area contributed by atoms with Crippen molar-refractivity contribution in [1.29, 1.82) is 0 Å². The van der Waals surface area contributed by atoms with E-state index in [1.807, 2.05) is 13.8 Å². The van der Waals surface area contributed by atoms with Crippen LogP contribution in [-0.4, -0.2) is 28.1 Å². The van der Waals surface area contributed by atoms with Gasteiger partial charge in [0.15, 0.2) is 0 Å². The van der Waals surface area contributed by atoms with E-state index in [1.165, 1.54) is 6.20 Å². The Kier molecular flexibility index (Phi) is 4.22. The van der Waals surface area contributed by atoms with E-state index >= 15 is 0 Å². The number of carbonyl (C=O) groups excluding carboxylic acids is 2. The molecule has 7 nitrogen and oxygen atoms in total. The molecule has 2 aromatic rings. The van der Waals surface area contributed by atoms with E-state index in [2.05, 4.69) is 20.8 Å². The first-order valence-electron chi connectivity index (χ1n) is 6.48. The molecule has 0 aliphatic heterocycles. The normalized spacial score (nSPS) is 10.4. The van der Waals surface area contributed by atoms with E-state index < -0.39 is 0 Å². The molecule has 2 amide bonds. The van der Waals surface area contributed by atoms with Gasteiger partial charge in [0, 0.05) is 17.3 Å². The first kappa shape index (κ1) is 14.6. The number of aromatic amines is 1. The van der Waals surface area contributed by atoms with Gasteiger partial charge in [-0.1, -0.05) is 0 Å². The number of benzene rings is 1. The van der Waals surface area contributed by atoms with Crippen LogP contribution in [-0.2, 0) is 0 Å². The zero-order chi connectivity index (χ0) is 15.4. The van der Waals surface area contributed by atoms with Crippen LogP contribution in [0.5, 0.6) is 0 Å². The van der Waals surface area contributed by atoms with Crippen molar-refractivity contribution in [3.63, 3.8) is 0 Å². The summed E-state index contributed by atoms with van der Waals surface area (Å²) in [6.45, 7) is 3.78. The number of nitrogens with zero attached hydrogens (tertiary/aromatic N) is 1. The number of H-pyrrole nitrogens is 1. The predicted octanol–water partition coefficient (Wildman–Crippen LogP) is 1.38. The van der Waals surface area contributed by atoms with Gasteiger partial charge in [0.05, 0.1) is 11.9 Å². The monoisotopic (exact) mass is 287 g/mol. The molecule has 0 fully saturated rings. The van der Waals surface area contributed by atoms with Crippen molar-refractivity contribution in [3.05, 3.63) is 41.7 Å². The zero-order valence-corrected chi connectivity index (χ0v) is 11.8. The minimum atomic E-state index is -0.385. The maximum Gasteiger partial charge on any atom is 0.275 e. The molecule has 5 N–H and O–H groups in total. The highest BCUT2D eigenvalue weighted by atomic mass is 16.2. The number of nitrogens with one attached hydrogen (secondary N) is 3. The Morgan fingerprint density at radius 2 is 1.86 bits per heavy atom. The van der Waals surface area contributed by atoms with Crippen LogP contribution in [0.1, 0.15) is 34.7 Å². The molecular weight excluding hydrogens is 270 g/mol. The minimum Gasteiger partial charge on any atom is -0.396 e. The Hall–Kier alpha value is -2.83. The smallest absolute Gasteiger partial charge is 0.275 e. The standard InChI is InChI=1S/C14H17N5O2/c1-8(2)17-13(20)9-3-5-10(6-4-9)18-14(21)12-11(15)7-16-19-12/h3-8H,15H2,1-2H3,(H,16,19)(H,17,20)(H,18,21). The molecule has 2 rings (SSSR count). The summed E-state index contributed by atoms with van der Waals surface area (Å²) in [4.78, 5) is 23.7. The molecule has 1 aromatic heterocycles. The Morgan fingerprint density at radius 1 is 1.19 bits per heavy atom. The molecule has 0 aliphatic rings. The van der Waals surface area contributed by atoms with E-state index in [0.717, 1.165) is 0 Å². The highest BCUT2D eigenvalue weighted by Gasteiger charge is 2.12. The fourth-order valence-corrected chi connectivity index (χ4v) is 1.72. The minimum absolute atomic E-state index is 0.0697. The number of hydrogen-bond acceptors (Lipinski definition) is 4. The average molecular weight is 287 g/mol. The lowest BCUT2D eigenvalue weighted by Gasteiger charge is -2.09. The molecule has 0 bridgehead atoms. The molecule has 0 unspecified atom stereocenters. The molecule has 0 atom stereocenters. The summed E-state index contributed by atoms with van der Waals surface area (Å²) in [5, 5.41) is 11.7. The third-order valence-corrected chi connectivity index (χ3v) is 2.72. The fraction of sp³-hybridized carbons (Fsp3) is 0.214. The number of aromatic nitrogens is 2. The van der Waals surface area contributed by atoms with Crippen molar-refractivity contribution in [1.82, 2.24) is 15.5 Å². The Labute approximate surface area is 121 Å². The summed E-state index contributed by atoms with van der Waals surface area (Å²) >= 11 is 0. The molecule has 1 heterocycles. The number of carbonyl (C=O) groups is 2. The molecule has 110 valence electrons. The van der Waals surface area contributed by atoms with Crippen LogP contribution in [0.3, 0.4) is 0 Å². The third-order valence-electron chi connectivity index (χ3n) is 2.72. The SMILES string of the molecule is CC(C)NC(=O)c1ccc(NC(=O)c2[nH]ncc2N)cc1. The second-order valence-corrected chi connectivity index (χ2v) is 4.86.